The summed E-state index contributed by atoms with van der Waals surface area (Å²) >= 11 is 1.65. The van der Waals surface area contributed by atoms with Crippen LogP contribution < -0.4 is 0 Å². The lowest BCUT2D eigenvalue weighted by atomic mass is 10.2. The molecule has 0 aliphatic heterocycles. The Balaban J connectivity index is 1.70. The summed E-state index contributed by atoms with van der Waals surface area (Å²) in [6.45, 7) is 3.99. The molecule has 3 aromatic heterocycles. The second kappa shape index (κ2) is 5.58. The van der Waals surface area contributed by atoms with E-state index in [4.69, 9.17) is 0 Å². The molecule has 0 bridgehead atoms. The Kier molecular flexibility index (Phi) is 3.64. The van der Waals surface area contributed by atoms with Gasteiger partial charge in [0, 0.05) is 29.5 Å². The van der Waals surface area contributed by atoms with Crippen molar-refractivity contribution in [1.82, 2.24) is 24.6 Å². The van der Waals surface area contributed by atoms with Crippen LogP contribution in [0.1, 0.15) is 17.0 Å². The van der Waals surface area contributed by atoms with Crippen LogP contribution in [0, 0.1) is 13.8 Å². The van der Waals surface area contributed by atoms with Gasteiger partial charge in [-0.15, -0.1) is 5.10 Å². The molecule has 0 saturated carbocycles. The summed E-state index contributed by atoms with van der Waals surface area (Å²) in [4.78, 5) is 12.9. The van der Waals surface area contributed by atoms with E-state index in [1.165, 1.54) is 5.56 Å². The average Bonchev–Trinajstić information content (AvgIpc) is 2.83. The molecule has 0 saturated heterocycles. The molecular formula is C14H15N5S. The van der Waals surface area contributed by atoms with Crippen LogP contribution in [-0.2, 0) is 6.42 Å². The van der Waals surface area contributed by atoms with Crippen LogP contribution in [0.2, 0.25) is 0 Å². The molecule has 5 nitrogen and oxygen atoms in total. The molecule has 3 heterocycles. The predicted octanol–water partition coefficient (Wildman–Crippen LogP) is 2.47. The summed E-state index contributed by atoms with van der Waals surface area (Å²) in [5, 5.41) is 5.26. The maximum absolute atomic E-state index is 4.48. The number of pyridine rings is 1. The van der Waals surface area contributed by atoms with E-state index in [1.54, 1.807) is 16.3 Å². The van der Waals surface area contributed by atoms with Crippen molar-refractivity contribution in [2.75, 3.05) is 5.75 Å². The van der Waals surface area contributed by atoms with Gasteiger partial charge in [-0.1, -0.05) is 11.8 Å². The van der Waals surface area contributed by atoms with Gasteiger partial charge in [-0.05, 0) is 44.0 Å². The Morgan fingerprint density at radius 2 is 1.95 bits per heavy atom. The summed E-state index contributed by atoms with van der Waals surface area (Å²) < 4.78 is 1.79. The Hall–Kier alpha value is -1.95. The van der Waals surface area contributed by atoms with Crippen molar-refractivity contribution in [2.45, 2.75) is 25.4 Å². The number of hydrogen-bond donors (Lipinski definition) is 0. The molecule has 0 aliphatic carbocycles. The molecule has 102 valence electrons. The van der Waals surface area contributed by atoms with Crippen molar-refractivity contribution in [3.05, 3.63) is 47.5 Å². The van der Waals surface area contributed by atoms with Crippen molar-refractivity contribution in [3.63, 3.8) is 0 Å². The van der Waals surface area contributed by atoms with Crippen molar-refractivity contribution >= 4 is 17.5 Å². The summed E-state index contributed by atoms with van der Waals surface area (Å²) in [5.41, 5.74) is 3.30. The first-order valence-corrected chi connectivity index (χ1v) is 7.43. The van der Waals surface area contributed by atoms with Gasteiger partial charge in [-0.3, -0.25) is 4.98 Å². The molecule has 0 atom stereocenters. The maximum Gasteiger partial charge on any atom is 0.253 e. The first-order chi connectivity index (χ1) is 9.72. The van der Waals surface area contributed by atoms with E-state index < -0.39 is 0 Å². The highest BCUT2D eigenvalue weighted by molar-refractivity contribution is 7.99. The molecule has 0 spiro atoms. The zero-order valence-corrected chi connectivity index (χ0v) is 12.3. The molecule has 0 fully saturated rings. The third kappa shape index (κ3) is 2.80. The summed E-state index contributed by atoms with van der Waals surface area (Å²) in [6, 6.07) is 6.08. The minimum absolute atomic E-state index is 0.675. The number of hydrogen-bond acceptors (Lipinski definition) is 5. The smallest absolute Gasteiger partial charge is 0.253 e. The quantitative estimate of drug-likeness (QED) is 0.689. The van der Waals surface area contributed by atoms with Crippen LogP contribution in [0.3, 0.4) is 0 Å². The molecule has 3 rings (SSSR count). The molecule has 0 N–H and O–H groups in total. The lowest BCUT2D eigenvalue weighted by Gasteiger charge is -1.98. The second-order valence-corrected chi connectivity index (χ2v) is 5.66. The predicted molar refractivity (Wildman–Crippen MR) is 78.9 cm³/mol. The van der Waals surface area contributed by atoms with E-state index in [9.17, 15) is 0 Å². The van der Waals surface area contributed by atoms with Crippen molar-refractivity contribution in [2.24, 2.45) is 0 Å². The van der Waals surface area contributed by atoms with E-state index in [0.717, 1.165) is 28.7 Å². The Bertz CT molecular complexity index is 723. The van der Waals surface area contributed by atoms with Crippen molar-refractivity contribution < 1.29 is 0 Å². The van der Waals surface area contributed by atoms with E-state index in [-0.39, 0.29) is 0 Å². The SMILES string of the molecule is Cc1cc(C)n2nc(SCCc3ccncc3)nc2n1. The fourth-order valence-corrected chi connectivity index (χ4v) is 2.82. The molecule has 3 aromatic rings. The van der Waals surface area contributed by atoms with Crippen LogP contribution in [0.15, 0.2) is 35.7 Å². The Labute approximate surface area is 121 Å². The van der Waals surface area contributed by atoms with Gasteiger partial charge in [0.2, 0.25) is 5.16 Å². The fourth-order valence-electron chi connectivity index (χ4n) is 2.02. The molecule has 0 unspecified atom stereocenters. The highest BCUT2D eigenvalue weighted by Gasteiger charge is 2.07. The summed E-state index contributed by atoms with van der Waals surface area (Å²) in [7, 11) is 0. The van der Waals surface area contributed by atoms with Crippen LogP contribution in [0.25, 0.3) is 5.78 Å². The van der Waals surface area contributed by atoms with Gasteiger partial charge in [0.25, 0.3) is 5.78 Å². The minimum atomic E-state index is 0.675. The lowest BCUT2D eigenvalue weighted by Crippen LogP contribution is -1.97. The first kappa shape index (κ1) is 13.1. The van der Waals surface area contributed by atoms with Crippen LogP contribution in [0.5, 0.6) is 0 Å². The first-order valence-electron chi connectivity index (χ1n) is 6.45. The molecule has 0 amide bonds. The average molecular weight is 285 g/mol. The van der Waals surface area contributed by atoms with E-state index in [0.29, 0.717) is 5.78 Å². The Morgan fingerprint density at radius 1 is 1.15 bits per heavy atom. The second-order valence-electron chi connectivity index (χ2n) is 4.60. The highest BCUT2D eigenvalue weighted by Crippen LogP contribution is 2.16. The minimum Gasteiger partial charge on any atom is -0.265 e. The summed E-state index contributed by atoms with van der Waals surface area (Å²) in [6.07, 6.45) is 4.62. The molecule has 0 aromatic carbocycles. The summed E-state index contributed by atoms with van der Waals surface area (Å²) in [5.74, 6) is 1.62. The topological polar surface area (TPSA) is 56.0 Å². The van der Waals surface area contributed by atoms with Gasteiger partial charge in [0.15, 0.2) is 0 Å². The molecule has 6 heteroatoms. The molecule has 20 heavy (non-hydrogen) atoms. The maximum atomic E-state index is 4.48. The van der Waals surface area contributed by atoms with Gasteiger partial charge in [-0.2, -0.15) is 4.98 Å². The largest absolute Gasteiger partial charge is 0.265 e. The lowest BCUT2D eigenvalue weighted by molar-refractivity contribution is 0.843. The fraction of sp³-hybridized carbons (Fsp3) is 0.286. The van der Waals surface area contributed by atoms with Gasteiger partial charge in [0.05, 0.1) is 0 Å². The zero-order chi connectivity index (χ0) is 13.9. The third-order valence-corrected chi connectivity index (χ3v) is 3.81. The van der Waals surface area contributed by atoms with Gasteiger partial charge in [-0.25, -0.2) is 9.50 Å². The van der Waals surface area contributed by atoms with Crippen LogP contribution in [0.4, 0.5) is 0 Å². The highest BCUT2D eigenvalue weighted by atomic mass is 32.2. The van der Waals surface area contributed by atoms with E-state index >= 15 is 0 Å². The third-order valence-electron chi connectivity index (χ3n) is 2.97. The number of aryl methyl sites for hydroxylation is 3. The van der Waals surface area contributed by atoms with Gasteiger partial charge >= 0.3 is 0 Å². The van der Waals surface area contributed by atoms with Gasteiger partial charge in [0.1, 0.15) is 0 Å². The normalized spacial score (nSPS) is 11.1. The van der Waals surface area contributed by atoms with Gasteiger partial charge < -0.3 is 0 Å². The van der Waals surface area contributed by atoms with Crippen molar-refractivity contribution in [1.29, 1.82) is 0 Å². The zero-order valence-electron chi connectivity index (χ0n) is 11.4. The van der Waals surface area contributed by atoms with Crippen LogP contribution in [-0.4, -0.2) is 30.3 Å². The Morgan fingerprint density at radius 3 is 2.75 bits per heavy atom. The monoisotopic (exact) mass is 285 g/mol. The van der Waals surface area contributed by atoms with Crippen molar-refractivity contribution in [3.8, 4) is 0 Å². The van der Waals surface area contributed by atoms with E-state index in [2.05, 4.69) is 20.1 Å². The number of rotatable bonds is 4. The number of thioether (sulfide) groups is 1. The molecule has 0 radical (unpaired) electrons. The number of aromatic nitrogens is 5. The van der Waals surface area contributed by atoms with Crippen LogP contribution >= 0.6 is 11.8 Å². The molecular weight excluding hydrogens is 270 g/mol. The number of nitrogens with zero attached hydrogens (tertiary/aromatic N) is 5. The standard InChI is InChI=1S/C14H15N5S/c1-10-9-11(2)19-13(16-10)17-14(18-19)20-8-5-12-3-6-15-7-4-12/h3-4,6-7,9H,5,8H2,1-2H3. The molecule has 0 aliphatic rings. The van der Waals surface area contributed by atoms with E-state index in [1.807, 2.05) is 44.4 Å². The number of fused-ring (bicyclic) bond motifs is 1.